The summed E-state index contributed by atoms with van der Waals surface area (Å²) < 4.78 is 0. The number of phenolic OH excluding ortho intramolecular Hbond substituents is 2. The first kappa shape index (κ1) is 19.9. The summed E-state index contributed by atoms with van der Waals surface area (Å²) in [4.78, 5) is 0. The minimum absolute atomic E-state index is 0.0899. The number of aromatic hydroxyl groups is 2. The molecule has 0 aromatic heterocycles. The molecule has 0 unspecified atom stereocenters. The second kappa shape index (κ2) is 9.30. The van der Waals surface area contributed by atoms with Crippen LogP contribution in [0.3, 0.4) is 0 Å². The van der Waals surface area contributed by atoms with Crippen molar-refractivity contribution in [3.8, 4) is 11.5 Å². The summed E-state index contributed by atoms with van der Waals surface area (Å²) in [5.41, 5.74) is 1.49. The summed E-state index contributed by atoms with van der Waals surface area (Å²) >= 11 is 25.4. The van der Waals surface area contributed by atoms with Crippen LogP contribution in [0.5, 0.6) is 11.5 Å². The molecule has 0 aliphatic rings. The topological polar surface area (TPSA) is 40.5 Å². The molecule has 0 atom stereocenters. The summed E-state index contributed by atoms with van der Waals surface area (Å²) in [7, 11) is 0. The van der Waals surface area contributed by atoms with Crippen LogP contribution in [0.25, 0.3) is 0 Å². The molecule has 2 nitrogen and oxygen atoms in total. The third-order valence-corrected chi connectivity index (χ3v) is 5.56. The largest absolute Gasteiger partial charge is 0.506 e. The van der Waals surface area contributed by atoms with Crippen LogP contribution in [-0.4, -0.2) is 16.0 Å². The van der Waals surface area contributed by atoms with Crippen LogP contribution in [-0.2, 0) is 12.2 Å². The standard InChI is InChI=1S/C17H16Cl4O2S/c18-12-5-10(16(22)14(20)7-12)3-1-2-4-24-9-11-6-13(19)8-15(21)17(11)23/h5-8,22-23H,1-4,9H2. The van der Waals surface area contributed by atoms with E-state index in [0.29, 0.717) is 22.2 Å². The first-order valence-electron chi connectivity index (χ1n) is 7.30. The Kier molecular flexibility index (Phi) is 7.70. The lowest BCUT2D eigenvalue weighted by Gasteiger charge is -2.08. The average molecular weight is 426 g/mol. The molecule has 2 aromatic rings. The maximum absolute atomic E-state index is 9.91. The van der Waals surface area contributed by atoms with Gasteiger partial charge in [0.05, 0.1) is 10.0 Å². The molecule has 2 aromatic carbocycles. The molecule has 130 valence electrons. The third kappa shape index (κ3) is 5.53. The van der Waals surface area contributed by atoms with E-state index >= 15 is 0 Å². The Bertz CT molecular complexity index is 661. The smallest absolute Gasteiger partial charge is 0.138 e. The normalized spacial score (nSPS) is 11.0. The highest BCUT2D eigenvalue weighted by Gasteiger charge is 2.09. The Morgan fingerprint density at radius 2 is 1.29 bits per heavy atom. The third-order valence-electron chi connectivity index (χ3n) is 3.46. The molecule has 7 heteroatoms. The van der Waals surface area contributed by atoms with Crippen molar-refractivity contribution in [2.75, 3.05) is 5.75 Å². The molecular formula is C17H16Cl4O2S. The maximum Gasteiger partial charge on any atom is 0.138 e. The van der Waals surface area contributed by atoms with Gasteiger partial charge < -0.3 is 10.2 Å². The number of aryl methyl sites for hydroxylation is 1. The lowest BCUT2D eigenvalue weighted by molar-refractivity contribution is 0.467. The van der Waals surface area contributed by atoms with E-state index in [1.54, 1.807) is 23.9 Å². The molecule has 0 aliphatic heterocycles. The number of halogens is 4. The van der Waals surface area contributed by atoms with E-state index < -0.39 is 0 Å². The van der Waals surface area contributed by atoms with Gasteiger partial charge in [-0.05, 0) is 54.8 Å². The van der Waals surface area contributed by atoms with Crippen molar-refractivity contribution in [2.24, 2.45) is 0 Å². The second-order valence-electron chi connectivity index (χ2n) is 5.30. The molecule has 2 N–H and O–H groups in total. The molecule has 0 heterocycles. The average Bonchev–Trinajstić information content (AvgIpc) is 2.51. The first-order chi connectivity index (χ1) is 11.4. The predicted molar refractivity (Wildman–Crippen MR) is 105 cm³/mol. The van der Waals surface area contributed by atoms with Crippen molar-refractivity contribution in [3.63, 3.8) is 0 Å². The Balaban J connectivity index is 1.77. The number of rotatable bonds is 7. The molecule has 0 radical (unpaired) electrons. The fourth-order valence-corrected chi connectivity index (χ4v) is 4.30. The van der Waals surface area contributed by atoms with Crippen molar-refractivity contribution >= 4 is 58.2 Å². The quantitative estimate of drug-likeness (QED) is 0.470. The van der Waals surface area contributed by atoms with Gasteiger partial charge >= 0.3 is 0 Å². The fourth-order valence-electron chi connectivity index (χ4n) is 2.24. The summed E-state index contributed by atoms with van der Waals surface area (Å²) in [6.45, 7) is 0. The SMILES string of the molecule is Oc1c(Cl)cc(Cl)cc1CCCCSCc1cc(Cl)cc(Cl)c1O. The van der Waals surface area contributed by atoms with Gasteiger partial charge in [-0.15, -0.1) is 0 Å². The molecule has 0 saturated carbocycles. The van der Waals surface area contributed by atoms with E-state index in [1.165, 1.54) is 12.1 Å². The monoisotopic (exact) mass is 424 g/mol. The van der Waals surface area contributed by atoms with Gasteiger partial charge in [0.25, 0.3) is 0 Å². The Labute approximate surface area is 165 Å². The Hall–Kier alpha value is -0.450. The van der Waals surface area contributed by atoms with Crippen LogP contribution >= 0.6 is 58.2 Å². The van der Waals surface area contributed by atoms with Crippen molar-refractivity contribution in [1.82, 2.24) is 0 Å². The molecule has 0 fully saturated rings. The van der Waals surface area contributed by atoms with Crippen LogP contribution in [0, 0.1) is 0 Å². The molecule has 2 rings (SSSR count). The summed E-state index contributed by atoms with van der Waals surface area (Å²) in [6.07, 6.45) is 2.57. The number of thioether (sulfide) groups is 1. The zero-order valence-electron chi connectivity index (χ0n) is 12.7. The molecule has 0 amide bonds. The van der Waals surface area contributed by atoms with Gasteiger partial charge in [-0.3, -0.25) is 0 Å². The van der Waals surface area contributed by atoms with E-state index in [9.17, 15) is 10.2 Å². The maximum atomic E-state index is 9.91. The van der Waals surface area contributed by atoms with Gasteiger partial charge in [-0.2, -0.15) is 11.8 Å². The van der Waals surface area contributed by atoms with E-state index in [2.05, 4.69) is 0 Å². The molecule has 0 spiro atoms. The van der Waals surface area contributed by atoms with Crippen molar-refractivity contribution in [1.29, 1.82) is 0 Å². The minimum Gasteiger partial charge on any atom is -0.506 e. The minimum atomic E-state index is 0.0899. The summed E-state index contributed by atoms with van der Waals surface area (Å²) in [5.74, 6) is 1.75. The van der Waals surface area contributed by atoms with Gasteiger partial charge in [-0.1, -0.05) is 46.4 Å². The number of hydrogen-bond acceptors (Lipinski definition) is 3. The Morgan fingerprint density at radius 3 is 1.92 bits per heavy atom. The summed E-state index contributed by atoms with van der Waals surface area (Å²) in [6, 6.07) is 6.51. The van der Waals surface area contributed by atoms with Crippen LogP contribution in [0.2, 0.25) is 20.1 Å². The van der Waals surface area contributed by atoms with E-state index in [0.717, 1.165) is 29.7 Å². The number of benzene rings is 2. The lowest BCUT2D eigenvalue weighted by atomic mass is 10.1. The Morgan fingerprint density at radius 1 is 0.750 bits per heavy atom. The van der Waals surface area contributed by atoms with Crippen molar-refractivity contribution in [2.45, 2.75) is 25.0 Å². The van der Waals surface area contributed by atoms with Gasteiger partial charge in [-0.25, -0.2) is 0 Å². The highest BCUT2D eigenvalue weighted by Crippen LogP contribution is 2.34. The number of unbranched alkanes of at least 4 members (excludes halogenated alkanes) is 1. The van der Waals surface area contributed by atoms with Gasteiger partial charge in [0.15, 0.2) is 0 Å². The molecule has 0 saturated heterocycles. The summed E-state index contributed by atoms with van der Waals surface area (Å²) in [5, 5.41) is 21.4. The van der Waals surface area contributed by atoms with Crippen molar-refractivity contribution < 1.29 is 10.2 Å². The fraction of sp³-hybridized carbons (Fsp3) is 0.294. The molecule has 24 heavy (non-hydrogen) atoms. The zero-order valence-corrected chi connectivity index (χ0v) is 16.5. The number of hydrogen-bond donors (Lipinski definition) is 2. The van der Waals surface area contributed by atoms with Crippen molar-refractivity contribution in [3.05, 3.63) is 55.5 Å². The molecule has 0 bridgehead atoms. The highest BCUT2D eigenvalue weighted by atomic mass is 35.5. The molecular weight excluding hydrogens is 410 g/mol. The lowest BCUT2D eigenvalue weighted by Crippen LogP contribution is -1.91. The predicted octanol–water partition coefficient (Wildman–Crippen LogP) is 6.97. The number of phenols is 2. The van der Waals surface area contributed by atoms with Gasteiger partial charge in [0, 0.05) is 21.4 Å². The van der Waals surface area contributed by atoms with E-state index in [4.69, 9.17) is 46.4 Å². The van der Waals surface area contributed by atoms with Gasteiger partial charge in [0.2, 0.25) is 0 Å². The van der Waals surface area contributed by atoms with E-state index in [-0.39, 0.29) is 21.5 Å². The molecule has 0 aliphatic carbocycles. The van der Waals surface area contributed by atoms with Crippen LogP contribution in [0.15, 0.2) is 24.3 Å². The zero-order chi connectivity index (χ0) is 17.7. The second-order valence-corrected chi connectivity index (χ2v) is 8.09. The first-order valence-corrected chi connectivity index (χ1v) is 9.96. The van der Waals surface area contributed by atoms with Crippen LogP contribution in [0.1, 0.15) is 24.0 Å². The van der Waals surface area contributed by atoms with E-state index in [1.807, 2.05) is 0 Å². The highest BCUT2D eigenvalue weighted by molar-refractivity contribution is 7.98. The van der Waals surface area contributed by atoms with Gasteiger partial charge in [0.1, 0.15) is 11.5 Å². The van der Waals surface area contributed by atoms with Crippen LogP contribution < -0.4 is 0 Å². The van der Waals surface area contributed by atoms with Crippen LogP contribution in [0.4, 0.5) is 0 Å².